The molecule has 1 aromatic carbocycles. The maximum atomic E-state index is 12.0. The first-order valence-corrected chi connectivity index (χ1v) is 6.81. The Bertz CT molecular complexity index is 615. The van der Waals surface area contributed by atoms with Gasteiger partial charge in [0, 0.05) is 10.9 Å². The fraction of sp³-hybridized carbons (Fsp3) is 0.357. The smallest absolute Gasteiger partial charge is 0.288 e. The topological polar surface area (TPSA) is 58.0 Å². The minimum atomic E-state index is -0.171. The molecule has 0 unspecified atom stereocenters. The summed E-state index contributed by atoms with van der Waals surface area (Å²) in [6.45, 7) is 1.92. The first-order chi connectivity index (χ1) is 9.25. The molecule has 0 amide bonds. The fourth-order valence-electron chi connectivity index (χ4n) is 2.58. The summed E-state index contributed by atoms with van der Waals surface area (Å²) in [4.78, 5) is 12.0. The summed E-state index contributed by atoms with van der Waals surface area (Å²) in [5.41, 5.74) is 1.33. The molecular formula is C14H16BrClN2O2. The zero-order valence-electron chi connectivity index (χ0n) is 10.8. The maximum Gasteiger partial charge on any atom is 0.288 e. The second-order valence-electron chi connectivity index (χ2n) is 4.80. The van der Waals surface area contributed by atoms with Crippen LogP contribution in [0.25, 0.3) is 11.1 Å². The SMILES string of the molecule is Br.O=c1[nH]oc(C2CCNCC2)c1-c1ccc(Cl)cc1. The van der Waals surface area contributed by atoms with Gasteiger partial charge >= 0.3 is 0 Å². The van der Waals surface area contributed by atoms with Gasteiger partial charge in [-0.05, 0) is 43.6 Å². The van der Waals surface area contributed by atoms with Crippen molar-refractivity contribution < 1.29 is 4.52 Å². The van der Waals surface area contributed by atoms with Crippen molar-refractivity contribution in [2.24, 2.45) is 0 Å². The number of piperidine rings is 1. The highest BCUT2D eigenvalue weighted by atomic mass is 79.9. The number of aromatic amines is 1. The van der Waals surface area contributed by atoms with Gasteiger partial charge in [-0.1, -0.05) is 23.7 Å². The number of hydrogen-bond donors (Lipinski definition) is 2. The fourth-order valence-corrected chi connectivity index (χ4v) is 2.70. The van der Waals surface area contributed by atoms with E-state index in [2.05, 4.69) is 10.5 Å². The molecule has 20 heavy (non-hydrogen) atoms. The maximum absolute atomic E-state index is 12.0. The number of H-pyrrole nitrogens is 1. The van der Waals surface area contributed by atoms with E-state index in [9.17, 15) is 4.79 Å². The van der Waals surface area contributed by atoms with Crippen LogP contribution < -0.4 is 10.9 Å². The van der Waals surface area contributed by atoms with Crippen molar-refractivity contribution in [3.05, 3.63) is 45.4 Å². The Morgan fingerprint density at radius 1 is 1.15 bits per heavy atom. The van der Waals surface area contributed by atoms with Crippen LogP contribution in [0, 0.1) is 0 Å². The molecule has 0 radical (unpaired) electrons. The minimum Gasteiger partial charge on any atom is -0.383 e. The van der Waals surface area contributed by atoms with Gasteiger partial charge in [0.15, 0.2) is 0 Å². The van der Waals surface area contributed by atoms with E-state index in [-0.39, 0.29) is 22.5 Å². The third-order valence-electron chi connectivity index (χ3n) is 3.57. The minimum absolute atomic E-state index is 0. The van der Waals surface area contributed by atoms with E-state index in [4.69, 9.17) is 16.1 Å². The van der Waals surface area contributed by atoms with Gasteiger partial charge in [0.25, 0.3) is 5.56 Å². The summed E-state index contributed by atoms with van der Waals surface area (Å²) in [5, 5.41) is 6.43. The summed E-state index contributed by atoms with van der Waals surface area (Å²) in [5.74, 6) is 1.07. The van der Waals surface area contributed by atoms with Crippen LogP contribution in [0.1, 0.15) is 24.5 Å². The van der Waals surface area contributed by atoms with Gasteiger partial charge in [-0.3, -0.25) is 4.79 Å². The van der Waals surface area contributed by atoms with Crippen molar-refractivity contribution in [2.75, 3.05) is 13.1 Å². The molecule has 2 N–H and O–H groups in total. The highest BCUT2D eigenvalue weighted by molar-refractivity contribution is 8.93. The molecule has 2 aromatic rings. The van der Waals surface area contributed by atoms with Crippen LogP contribution in [-0.4, -0.2) is 18.2 Å². The number of nitrogens with one attached hydrogen (secondary N) is 2. The molecule has 0 saturated carbocycles. The molecule has 0 bridgehead atoms. The lowest BCUT2D eigenvalue weighted by atomic mass is 9.91. The standard InChI is InChI=1S/C14H15ClN2O2.BrH/c15-11-3-1-9(2-4-11)12-13(19-17-14(12)18)10-5-7-16-8-6-10;/h1-4,10,16H,5-8H2,(H,17,18);1H. The number of halogens is 2. The van der Waals surface area contributed by atoms with Gasteiger partial charge in [-0.25, -0.2) is 0 Å². The summed E-state index contributed by atoms with van der Waals surface area (Å²) in [7, 11) is 0. The second kappa shape index (κ2) is 6.61. The van der Waals surface area contributed by atoms with E-state index in [1.165, 1.54) is 0 Å². The second-order valence-corrected chi connectivity index (χ2v) is 5.24. The summed E-state index contributed by atoms with van der Waals surface area (Å²) < 4.78 is 5.42. The normalized spacial score (nSPS) is 15.8. The predicted octanol–water partition coefficient (Wildman–Crippen LogP) is 3.33. The zero-order valence-corrected chi connectivity index (χ0v) is 13.3. The quantitative estimate of drug-likeness (QED) is 0.864. The number of benzene rings is 1. The molecule has 1 aliphatic heterocycles. The molecule has 1 fully saturated rings. The van der Waals surface area contributed by atoms with Crippen molar-refractivity contribution in [1.29, 1.82) is 0 Å². The molecule has 1 aliphatic rings. The molecule has 0 spiro atoms. The van der Waals surface area contributed by atoms with Crippen molar-refractivity contribution in [3.8, 4) is 11.1 Å². The molecule has 108 valence electrons. The van der Waals surface area contributed by atoms with E-state index < -0.39 is 0 Å². The Morgan fingerprint density at radius 3 is 2.45 bits per heavy atom. The molecule has 1 aromatic heterocycles. The van der Waals surface area contributed by atoms with Crippen LogP contribution in [0.15, 0.2) is 33.6 Å². The van der Waals surface area contributed by atoms with Crippen molar-refractivity contribution in [3.63, 3.8) is 0 Å². The lowest BCUT2D eigenvalue weighted by Gasteiger charge is -2.20. The molecule has 2 heterocycles. The Kier molecular flexibility index (Phi) is 5.07. The van der Waals surface area contributed by atoms with Gasteiger partial charge in [0.1, 0.15) is 5.76 Å². The number of aromatic nitrogens is 1. The predicted molar refractivity (Wildman–Crippen MR) is 84.9 cm³/mol. The molecule has 0 atom stereocenters. The van der Waals surface area contributed by atoms with Crippen molar-refractivity contribution in [2.45, 2.75) is 18.8 Å². The Labute approximate surface area is 132 Å². The summed E-state index contributed by atoms with van der Waals surface area (Å²) >= 11 is 5.88. The van der Waals surface area contributed by atoms with E-state index in [0.717, 1.165) is 37.3 Å². The summed E-state index contributed by atoms with van der Waals surface area (Å²) in [6, 6.07) is 7.28. The third-order valence-corrected chi connectivity index (χ3v) is 3.82. The van der Waals surface area contributed by atoms with Crippen LogP contribution in [0.5, 0.6) is 0 Å². The largest absolute Gasteiger partial charge is 0.383 e. The lowest BCUT2D eigenvalue weighted by molar-refractivity contribution is 0.326. The van der Waals surface area contributed by atoms with Crippen LogP contribution in [0.2, 0.25) is 5.02 Å². The average Bonchev–Trinajstić information content (AvgIpc) is 2.83. The van der Waals surface area contributed by atoms with Crippen LogP contribution in [0.3, 0.4) is 0 Å². The zero-order chi connectivity index (χ0) is 13.2. The summed E-state index contributed by atoms with van der Waals surface area (Å²) in [6.07, 6.45) is 1.97. The van der Waals surface area contributed by atoms with Crippen LogP contribution >= 0.6 is 28.6 Å². The monoisotopic (exact) mass is 358 g/mol. The van der Waals surface area contributed by atoms with Crippen molar-refractivity contribution >= 4 is 28.6 Å². The van der Waals surface area contributed by atoms with E-state index in [1.807, 2.05) is 12.1 Å². The Morgan fingerprint density at radius 2 is 1.80 bits per heavy atom. The first-order valence-electron chi connectivity index (χ1n) is 6.44. The molecule has 1 saturated heterocycles. The van der Waals surface area contributed by atoms with E-state index in [0.29, 0.717) is 16.5 Å². The van der Waals surface area contributed by atoms with Crippen LogP contribution in [0.4, 0.5) is 0 Å². The van der Waals surface area contributed by atoms with Gasteiger partial charge in [0.2, 0.25) is 0 Å². The van der Waals surface area contributed by atoms with Crippen molar-refractivity contribution in [1.82, 2.24) is 10.5 Å². The highest BCUT2D eigenvalue weighted by Crippen LogP contribution is 2.32. The number of rotatable bonds is 2. The van der Waals surface area contributed by atoms with Gasteiger partial charge in [-0.2, -0.15) is 5.16 Å². The molecule has 4 nitrogen and oxygen atoms in total. The third kappa shape index (κ3) is 3.00. The van der Waals surface area contributed by atoms with Crippen LogP contribution in [-0.2, 0) is 0 Å². The Balaban J connectivity index is 0.00000147. The molecular weight excluding hydrogens is 344 g/mol. The average molecular weight is 360 g/mol. The molecule has 0 aliphatic carbocycles. The van der Waals surface area contributed by atoms with E-state index in [1.54, 1.807) is 12.1 Å². The first kappa shape index (κ1) is 15.4. The Hall–Kier alpha value is -1.04. The number of hydrogen-bond acceptors (Lipinski definition) is 3. The van der Waals surface area contributed by atoms with Gasteiger partial charge in [0.05, 0.1) is 5.56 Å². The van der Waals surface area contributed by atoms with E-state index >= 15 is 0 Å². The lowest BCUT2D eigenvalue weighted by Crippen LogP contribution is -2.26. The van der Waals surface area contributed by atoms with Gasteiger partial charge < -0.3 is 9.84 Å². The molecule has 3 rings (SSSR count). The highest BCUT2D eigenvalue weighted by Gasteiger charge is 2.25. The molecule has 6 heteroatoms. The van der Waals surface area contributed by atoms with Gasteiger partial charge in [-0.15, -0.1) is 17.0 Å².